The van der Waals surface area contributed by atoms with Gasteiger partial charge in [-0.25, -0.2) is 0 Å². The second-order valence-electron chi connectivity index (χ2n) is 8.51. The number of hydrogen-bond donors (Lipinski definition) is 0. The Morgan fingerprint density at radius 3 is 1.73 bits per heavy atom. The Morgan fingerprint density at radius 1 is 0.692 bits per heavy atom. The number of ether oxygens (including phenoxy) is 1. The van der Waals surface area contributed by atoms with Gasteiger partial charge in [0.1, 0.15) is 0 Å². The molecule has 26 heavy (non-hydrogen) atoms. The van der Waals surface area contributed by atoms with E-state index < -0.39 is 0 Å². The summed E-state index contributed by atoms with van der Waals surface area (Å²) in [4.78, 5) is 11.7. The molecular weight excluding hydrogens is 320 g/mol. The summed E-state index contributed by atoms with van der Waals surface area (Å²) in [5.74, 6) is 1.06. The van der Waals surface area contributed by atoms with Gasteiger partial charge in [0.2, 0.25) is 0 Å². The molecule has 0 N–H and O–H groups in total. The Labute approximate surface area is 163 Å². The van der Waals surface area contributed by atoms with Crippen LogP contribution in [-0.4, -0.2) is 12.6 Å². The van der Waals surface area contributed by atoms with Crippen LogP contribution < -0.4 is 0 Å². The quantitative estimate of drug-likeness (QED) is 0.161. The predicted octanol–water partition coefficient (Wildman–Crippen LogP) is 7.98. The van der Waals surface area contributed by atoms with E-state index in [-0.39, 0.29) is 5.97 Å². The molecule has 0 amide bonds. The molecule has 0 radical (unpaired) electrons. The first-order valence-corrected chi connectivity index (χ1v) is 12.0. The predicted molar refractivity (Wildman–Crippen MR) is 112 cm³/mol. The van der Waals surface area contributed by atoms with Gasteiger partial charge in [0.05, 0.1) is 6.61 Å². The van der Waals surface area contributed by atoms with E-state index in [1.165, 1.54) is 109 Å². The van der Waals surface area contributed by atoms with Gasteiger partial charge in [-0.1, -0.05) is 116 Å². The minimum Gasteiger partial charge on any atom is -0.466 e. The van der Waals surface area contributed by atoms with Crippen LogP contribution in [0.2, 0.25) is 0 Å². The lowest BCUT2D eigenvalue weighted by Crippen LogP contribution is -2.05. The third-order valence-electron chi connectivity index (χ3n) is 5.70. The normalized spacial score (nSPS) is 13.9. The zero-order valence-corrected chi connectivity index (χ0v) is 17.7. The monoisotopic (exact) mass is 366 g/mol. The topological polar surface area (TPSA) is 26.3 Å². The fraction of sp³-hybridized carbons (Fsp3) is 0.958. The Morgan fingerprint density at radius 2 is 1.19 bits per heavy atom. The van der Waals surface area contributed by atoms with E-state index in [2.05, 4.69) is 6.92 Å². The molecule has 0 aliphatic heterocycles. The number of rotatable bonds is 20. The standard InChI is InChI=1S/C24H46O2/c1-2-3-4-5-6-7-8-9-10-11-12-13-16-19-24(25)26-22-17-14-15-18-23-20-21-23/h23H,2-22H2,1H3. The van der Waals surface area contributed by atoms with Crippen molar-refractivity contribution in [3.05, 3.63) is 0 Å². The lowest BCUT2D eigenvalue weighted by atomic mass is 10.0. The minimum absolute atomic E-state index is 0.0234. The van der Waals surface area contributed by atoms with E-state index in [1.807, 2.05) is 0 Å². The number of unbranched alkanes of at least 4 members (excludes halogenated alkanes) is 14. The van der Waals surface area contributed by atoms with Gasteiger partial charge >= 0.3 is 5.97 Å². The van der Waals surface area contributed by atoms with Crippen LogP contribution in [0.4, 0.5) is 0 Å². The highest BCUT2D eigenvalue weighted by Crippen LogP contribution is 2.33. The average Bonchev–Trinajstić information content (AvgIpc) is 3.46. The van der Waals surface area contributed by atoms with E-state index in [1.54, 1.807) is 0 Å². The minimum atomic E-state index is 0.0234. The third kappa shape index (κ3) is 16.9. The van der Waals surface area contributed by atoms with Gasteiger partial charge in [-0.3, -0.25) is 4.79 Å². The van der Waals surface area contributed by atoms with E-state index in [4.69, 9.17) is 4.74 Å². The first kappa shape index (κ1) is 23.5. The average molecular weight is 367 g/mol. The van der Waals surface area contributed by atoms with Crippen LogP contribution in [0.3, 0.4) is 0 Å². The van der Waals surface area contributed by atoms with Crippen molar-refractivity contribution in [2.75, 3.05) is 6.61 Å². The first-order chi connectivity index (χ1) is 12.8. The van der Waals surface area contributed by atoms with Crippen LogP contribution in [-0.2, 0) is 9.53 Å². The van der Waals surface area contributed by atoms with E-state index >= 15 is 0 Å². The summed E-state index contributed by atoms with van der Waals surface area (Å²) >= 11 is 0. The molecule has 0 atom stereocenters. The van der Waals surface area contributed by atoms with Gasteiger partial charge in [-0.05, 0) is 18.8 Å². The molecule has 0 heterocycles. The number of carbonyl (C=O) groups is 1. The molecule has 154 valence electrons. The highest BCUT2D eigenvalue weighted by molar-refractivity contribution is 5.69. The molecule has 0 unspecified atom stereocenters. The van der Waals surface area contributed by atoms with Crippen molar-refractivity contribution in [1.82, 2.24) is 0 Å². The van der Waals surface area contributed by atoms with Crippen molar-refractivity contribution in [2.45, 2.75) is 135 Å². The molecule has 1 fully saturated rings. The number of carbonyl (C=O) groups excluding carboxylic acids is 1. The van der Waals surface area contributed by atoms with E-state index in [9.17, 15) is 4.79 Å². The molecule has 2 heteroatoms. The smallest absolute Gasteiger partial charge is 0.305 e. The van der Waals surface area contributed by atoms with Crippen molar-refractivity contribution in [3.63, 3.8) is 0 Å². The van der Waals surface area contributed by atoms with Crippen LogP contribution in [0.25, 0.3) is 0 Å². The maximum Gasteiger partial charge on any atom is 0.305 e. The molecule has 1 aliphatic carbocycles. The second kappa shape index (κ2) is 17.9. The van der Waals surface area contributed by atoms with Crippen molar-refractivity contribution in [3.8, 4) is 0 Å². The fourth-order valence-electron chi connectivity index (χ4n) is 3.66. The van der Waals surface area contributed by atoms with Gasteiger partial charge in [-0.2, -0.15) is 0 Å². The van der Waals surface area contributed by atoms with Crippen LogP contribution >= 0.6 is 0 Å². The Kier molecular flexibility index (Phi) is 16.2. The maximum absolute atomic E-state index is 11.7. The van der Waals surface area contributed by atoms with Gasteiger partial charge in [0.25, 0.3) is 0 Å². The van der Waals surface area contributed by atoms with E-state index in [0.717, 1.165) is 18.8 Å². The van der Waals surface area contributed by atoms with Gasteiger partial charge in [0, 0.05) is 6.42 Å². The summed E-state index contributed by atoms with van der Waals surface area (Å²) in [6, 6.07) is 0. The van der Waals surface area contributed by atoms with Gasteiger partial charge < -0.3 is 4.74 Å². The highest BCUT2D eigenvalue weighted by atomic mass is 16.5. The molecule has 0 bridgehead atoms. The van der Waals surface area contributed by atoms with Crippen LogP contribution in [0.15, 0.2) is 0 Å². The summed E-state index contributed by atoms with van der Waals surface area (Å²) in [6.07, 6.45) is 26.0. The van der Waals surface area contributed by atoms with Gasteiger partial charge in [0.15, 0.2) is 0 Å². The van der Waals surface area contributed by atoms with E-state index in [0.29, 0.717) is 13.0 Å². The molecule has 1 rings (SSSR count). The zero-order chi connectivity index (χ0) is 18.7. The van der Waals surface area contributed by atoms with Crippen molar-refractivity contribution < 1.29 is 9.53 Å². The molecule has 2 nitrogen and oxygen atoms in total. The second-order valence-corrected chi connectivity index (χ2v) is 8.51. The zero-order valence-electron chi connectivity index (χ0n) is 17.7. The molecule has 0 spiro atoms. The lowest BCUT2D eigenvalue weighted by molar-refractivity contribution is -0.143. The molecule has 0 saturated heterocycles. The Hall–Kier alpha value is -0.530. The third-order valence-corrected chi connectivity index (χ3v) is 5.70. The summed E-state index contributed by atoms with van der Waals surface area (Å²) < 4.78 is 5.33. The summed E-state index contributed by atoms with van der Waals surface area (Å²) in [6.45, 7) is 2.92. The Bertz CT molecular complexity index is 309. The molecule has 0 aromatic carbocycles. The maximum atomic E-state index is 11.7. The summed E-state index contributed by atoms with van der Waals surface area (Å²) in [5, 5.41) is 0. The van der Waals surface area contributed by atoms with Crippen molar-refractivity contribution >= 4 is 5.97 Å². The summed E-state index contributed by atoms with van der Waals surface area (Å²) in [7, 11) is 0. The lowest BCUT2D eigenvalue weighted by Gasteiger charge is -2.05. The summed E-state index contributed by atoms with van der Waals surface area (Å²) in [5.41, 5.74) is 0. The Balaban J connectivity index is 1.68. The number of esters is 1. The van der Waals surface area contributed by atoms with Crippen LogP contribution in [0.1, 0.15) is 135 Å². The van der Waals surface area contributed by atoms with Crippen LogP contribution in [0, 0.1) is 5.92 Å². The van der Waals surface area contributed by atoms with Crippen molar-refractivity contribution in [2.24, 2.45) is 5.92 Å². The number of hydrogen-bond acceptors (Lipinski definition) is 2. The fourth-order valence-corrected chi connectivity index (χ4v) is 3.66. The molecule has 1 saturated carbocycles. The molecular formula is C24H46O2. The molecule has 0 aromatic heterocycles. The van der Waals surface area contributed by atoms with Gasteiger partial charge in [-0.15, -0.1) is 0 Å². The van der Waals surface area contributed by atoms with Crippen molar-refractivity contribution in [1.29, 1.82) is 0 Å². The molecule has 0 aromatic rings. The largest absolute Gasteiger partial charge is 0.466 e. The SMILES string of the molecule is CCCCCCCCCCCCCCCC(=O)OCCCCCC1CC1. The first-order valence-electron chi connectivity index (χ1n) is 12.0. The molecule has 1 aliphatic rings. The van der Waals surface area contributed by atoms with Crippen LogP contribution in [0.5, 0.6) is 0 Å². The highest BCUT2D eigenvalue weighted by Gasteiger charge is 2.19.